The van der Waals surface area contributed by atoms with E-state index in [-0.39, 0.29) is 12.3 Å². The summed E-state index contributed by atoms with van der Waals surface area (Å²) in [6.45, 7) is 1.29. The molecular weight excluding hydrogens is 379 g/mol. The highest BCUT2D eigenvalue weighted by atomic mass is 19.1. The smallest absolute Gasteiger partial charge is 0.331 e. The highest BCUT2D eigenvalue weighted by molar-refractivity contribution is 5.96. The highest BCUT2D eigenvalue weighted by Crippen LogP contribution is 2.28. The highest BCUT2D eigenvalue weighted by Gasteiger charge is 2.17. The van der Waals surface area contributed by atoms with Crippen molar-refractivity contribution in [3.8, 4) is 17.6 Å². The summed E-state index contributed by atoms with van der Waals surface area (Å²) in [7, 11) is 1.45. The molecule has 2 aromatic rings. The molecule has 8 heteroatoms. The lowest BCUT2D eigenvalue weighted by Gasteiger charge is -2.12. The van der Waals surface area contributed by atoms with Crippen LogP contribution in [0.5, 0.6) is 11.5 Å². The van der Waals surface area contributed by atoms with Gasteiger partial charge in [0, 0.05) is 11.8 Å². The van der Waals surface area contributed by atoms with Crippen molar-refractivity contribution in [1.29, 1.82) is 5.26 Å². The van der Waals surface area contributed by atoms with Gasteiger partial charge in [0.05, 0.1) is 7.11 Å². The van der Waals surface area contributed by atoms with E-state index in [2.05, 4.69) is 5.32 Å². The van der Waals surface area contributed by atoms with Gasteiger partial charge in [0.25, 0.3) is 5.91 Å². The van der Waals surface area contributed by atoms with Gasteiger partial charge in [-0.2, -0.15) is 5.26 Å². The Morgan fingerprint density at radius 3 is 2.72 bits per heavy atom. The Balaban J connectivity index is 1.94. The molecule has 0 saturated carbocycles. The van der Waals surface area contributed by atoms with E-state index < -0.39 is 23.8 Å². The summed E-state index contributed by atoms with van der Waals surface area (Å²) in [5, 5.41) is 11.0. The standard InChI is InChI=1S/C21H19FN2O5/c1-14(21(26)24-17-5-3-4-16(22)13-17)29-20(25)9-7-15-6-8-18(28-11-10-23)19(12-15)27-2/h3-9,12-14H,11H2,1-2H3,(H,24,26)/b9-7+/t14-/m0/s1. The molecule has 1 amide bonds. The largest absolute Gasteiger partial charge is 0.493 e. The van der Waals surface area contributed by atoms with Gasteiger partial charge in [-0.1, -0.05) is 12.1 Å². The Morgan fingerprint density at radius 2 is 2.03 bits per heavy atom. The Kier molecular flexibility index (Phi) is 7.74. The minimum atomic E-state index is -1.08. The maximum Gasteiger partial charge on any atom is 0.331 e. The first-order valence-electron chi connectivity index (χ1n) is 8.56. The summed E-state index contributed by atoms with van der Waals surface area (Å²) < 4.78 is 28.6. The van der Waals surface area contributed by atoms with Gasteiger partial charge < -0.3 is 19.5 Å². The quantitative estimate of drug-likeness (QED) is 0.541. The van der Waals surface area contributed by atoms with Crippen LogP contribution in [0.1, 0.15) is 12.5 Å². The lowest BCUT2D eigenvalue weighted by atomic mass is 10.2. The minimum Gasteiger partial charge on any atom is -0.493 e. The van der Waals surface area contributed by atoms with E-state index in [4.69, 9.17) is 19.5 Å². The number of rotatable bonds is 8. The normalized spacial score (nSPS) is 11.4. The number of amides is 1. The fourth-order valence-electron chi connectivity index (χ4n) is 2.26. The van der Waals surface area contributed by atoms with E-state index >= 15 is 0 Å². The summed E-state index contributed by atoms with van der Waals surface area (Å²) in [6.07, 6.45) is 1.57. The summed E-state index contributed by atoms with van der Waals surface area (Å²) in [5.41, 5.74) is 0.888. The SMILES string of the molecule is COc1cc(/C=C/C(=O)O[C@@H](C)C(=O)Nc2cccc(F)c2)ccc1OCC#N. The van der Waals surface area contributed by atoms with Gasteiger partial charge in [0.1, 0.15) is 11.9 Å². The van der Waals surface area contributed by atoms with E-state index in [1.54, 1.807) is 18.2 Å². The second kappa shape index (κ2) is 10.5. The molecule has 0 aliphatic carbocycles. The molecule has 0 aliphatic heterocycles. The molecule has 29 heavy (non-hydrogen) atoms. The molecule has 150 valence electrons. The third-order valence-corrected chi connectivity index (χ3v) is 3.65. The fourth-order valence-corrected chi connectivity index (χ4v) is 2.26. The summed E-state index contributed by atoms with van der Waals surface area (Å²) >= 11 is 0. The molecule has 0 aliphatic rings. The average Bonchev–Trinajstić information content (AvgIpc) is 2.70. The first kappa shape index (κ1) is 21.4. The number of ether oxygens (including phenoxy) is 3. The van der Waals surface area contributed by atoms with E-state index in [9.17, 15) is 14.0 Å². The van der Waals surface area contributed by atoms with Gasteiger partial charge in [-0.15, -0.1) is 0 Å². The van der Waals surface area contributed by atoms with Crippen molar-refractivity contribution in [2.45, 2.75) is 13.0 Å². The molecule has 0 fully saturated rings. The summed E-state index contributed by atoms with van der Waals surface area (Å²) in [4.78, 5) is 24.0. The zero-order valence-electron chi connectivity index (χ0n) is 15.8. The number of anilines is 1. The van der Waals surface area contributed by atoms with Crippen LogP contribution in [0.15, 0.2) is 48.5 Å². The maximum atomic E-state index is 13.2. The Morgan fingerprint density at radius 1 is 1.24 bits per heavy atom. The number of nitrogens with zero attached hydrogens (tertiary/aromatic N) is 1. The van der Waals surface area contributed by atoms with Gasteiger partial charge in [-0.3, -0.25) is 4.79 Å². The van der Waals surface area contributed by atoms with Gasteiger partial charge in [0.2, 0.25) is 0 Å². The molecule has 1 N–H and O–H groups in total. The zero-order valence-corrected chi connectivity index (χ0v) is 15.8. The number of methoxy groups -OCH3 is 1. The number of hydrogen-bond acceptors (Lipinski definition) is 6. The Bertz CT molecular complexity index is 952. The minimum absolute atomic E-state index is 0.118. The van der Waals surface area contributed by atoms with E-state index in [1.807, 2.05) is 6.07 Å². The number of nitrogens with one attached hydrogen (secondary N) is 1. The van der Waals surface area contributed by atoms with Crippen molar-refractivity contribution < 1.29 is 28.2 Å². The zero-order chi connectivity index (χ0) is 21.2. The third kappa shape index (κ3) is 6.66. The van der Waals surface area contributed by atoms with Crippen molar-refractivity contribution in [3.05, 3.63) is 59.9 Å². The number of carbonyl (C=O) groups excluding carboxylic acids is 2. The lowest BCUT2D eigenvalue weighted by molar-refractivity contribution is -0.148. The second-order valence-corrected chi connectivity index (χ2v) is 5.77. The summed E-state index contributed by atoms with van der Waals surface area (Å²) in [6, 6.07) is 12.1. The topological polar surface area (TPSA) is 97.7 Å². The fraction of sp³-hybridized carbons (Fsp3) is 0.190. The van der Waals surface area contributed by atoms with Crippen LogP contribution in [0.2, 0.25) is 0 Å². The summed E-state index contributed by atoms with van der Waals surface area (Å²) in [5.74, 6) is -1.00. The van der Waals surface area contributed by atoms with Gasteiger partial charge in [-0.25, -0.2) is 9.18 Å². The van der Waals surface area contributed by atoms with Crippen molar-refractivity contribution >= 4 is 23.6 Å². The maximum absolute atomic E-state index is 13.2. The van der Waals surface area contributed by atoms with Crippen LogP contribution in [0.3, 0.4) is 0 Å². The predicted molar refractivity (Wildman–Crippen MR) is 104 cm³/mol. The molecule has 0 spiro atoms. The lowest BCUT2D eigenvalue weighted by Crippen LogP contribution is -2.29. The van der Waals surface area contributed by atoms with Crippen molar-refractivity contribution in [3.63, 3.8) is 0 Å². The molecule has 0 radical (unpaired) electrons. The van der Waals surface area contributed by atoms with Gasteiger partial charge >= 0.3 is 5.97 Å². The van der Waals surface area contributed by atoms with Crippen LogP contribution in [-0.4, -0.2) is 31.7 Å². The number of esters is 1. The molecule has 7 nitrogen and oxygen atoms in total. The van der Waals surface area contributed by atoms with Gasteiger partial charge in [0.15, 0.2) is 24.2 Å². The van der Waals surface area contributed by atoms with Crippen molar-refractivity contribution in [2.75, 3.05) is 19.0 Å². The number of halogens is 1. The Labute approximate surface area is 167 Å². The second-order valence-electron chi connectivity index (χ2n) is 5.77. The molecule has 1 atom stereocenters. The molecule has 0 saturated heterocycles. The number of benzene rings is 2. The van der Waals surface area contributed by atoms with Crippen LogP contribution in [0, 0.1) is 17.1 Å². The third-order valence-electron chi connectivity index (χ3n) is 3.65. The monoisotopic (exact) mass is 398 g/mol. The Hall–Kier alpha value is -3.86. The molecule has 0 aromatic heterocycles. The molecule has 0 bridgehead atoms. The predicted octanol–water partition coefficient (Wildman–Crippen LogP) is 3.32. The van der Waals surface area contributed by atoms with Crippen LogP contribution in [-0.2, 0) is 14.3 Å². The molecule has 0 heterocycles. The van der Waals surface area contributed by atoms with Crippen LogP contribution >= 0.6 is 0 Å². The van der Waals surface area contributed by atoms with Crippen LogP contribution < -0.4 is 14.8 Å². The van der Waals surface area contributed by atoms with Crippen molar-refractivity contribution in [2.24, 2.45) is 0 Å². The first-order valence-corrected chi connectivity index (χ1v) is 8.56. The first-order chi connectivity index (χ1) is 13.9. The van der Waals surface area contributed by atoms with E-state index in [0.717, 1.165) is 12.1 Å². The van der Waals surface area contributed by atoms with Gasteiger partial charge in [-0.05, 0) is 48.9 Å². The average molecular weight is 398 g/mol. The number of nitriles is 1. The van der Waals surface area contributed by atoms with Crippen LogP contribution in [0.4, 0.5) is 10.1 Å². The molecule has 2 rings (SSSR count). The molecular formula is C21H19FN2O5. The molecule has 0 unspecified atom stereocenters. The van der Waals surface area contributed by atoms with E-state index in [0.29, 0.717) is 17.1 Å². The number of hydrogen-bond donors (Lipinski definition) is 1. The van der Waals surface area contributed by atoms with E-state index in [1.165, 1.54) is 38.3 Å². The number of carbonyl (C=O) groups is 2. The van der Waals surface area contributed by atoms with Crippen LogP contribution in [0.25, 0.3) is 6.08 Å². The van der Waals surface area contributed by atoms with Crippen molar-refractivity contribution in [1.82, 2.24) is 0 Å². The molecule has 2 aromatic carbocycles.